The van der Waals surface area contributed by atoms with Crippen LogP contribution in [0.25, 0.3) is 0 Å². The molecule has 0 aliphatic carbocycles. The molecule has 5 nitrogen and oxygen atoms in total. The maximum atomic E-state index is 12.4. The predicted molar refractivity (Wildman–Crippen MR) is 72.1 cm³/mol. The number of fused-ring (bicyclic) bond motifs is 2. The van der Waals surface area contributed by atoms with Crippen LogP contribution in [-0.2, 0) is 14.3 Å². The molecule has 0 aromatic heterocycles. The fourth-order valence-electron chi connectivity index (χ4n) is 3.02. The van der Waals surface area contributed by atoms with Crippen LogP contribution in [0, 0.1) is 11.8 Å². The minimum Gasteiger partial charge on any atom is -0.481 e. The quantitative estimate of drug-likeness (QED) is 0.821. The van der Waals surface area contributed by atoms with Crippen molar-refractivity contribution < 1.29 is 19.4 Å². The first-order valence-electron chi connectivity index (χ1n) is 6.47. The van der Waals surface area contributed by atoms with Gasteiger partial charge in [-0.15, -0.1) is 0 Å². The van der Waals surface area contributed by atoms with Crippen molar-refractivity contribution in [3.63, 3.8) is 0 Å². The Morgan fingerprint density at radius 1 is 1.30 bits per heavy atom. The molecule has 2 bridgehead atoms. The summed E-state index contributed by atoms with van der Waals surface area (Å²) in [5.41, 5.74) is -0.191. The highest BCUT2D eigenvalue weighted by molar-refractivity contribution is 5.97. The molecule has 3 rings (SSSR count). The lowest BCUT2D eigenvalue weighted by Gasteiger charge is -2.27. The van der Waals surface area contributed by atoms with Crippen LogP contribution >= 0.6 is 0 Å². The third-order valence-corrected chi connectivity index (χ3v) is 3.95. The zero-order chi connectivity index (χ0) is 14.3. The molecule has 1 aromatic carbocycles. The van der Waals surface area contributed by atoms with Crippen molar-refractivity contribution in [2.45, 2.75) is 18.6 Å². The average Bonchev–Trinajstić information content (AvgIpc) is 2.92. The minimum atomic E-state index is -1.00. The first-order valence-corrected chi connectivity index (χ1v) is 6.47. The second-order valence-electron chi connectivity index (χ2n) is 5.32. The first-order chi connectivity index (χ1) is 9.51. The lowest BCUT2D eigenvalue weighted by Crippen LogP contribution is -2.44. The highest BCUT2D eigenvalue weighted by atomic mass is 16.5. The number of carbonyl (C=O) groups excluding carboxylic acids is 1. The summed E-state index contributed by atoms with van der Waals surface area (Å²) >= 11 is 0. The van der Waals surface area contributed by atoms with E-state index in [1.807, 2.05) is 18.2 Å². The number of ether oxygens (including phenoxy) is 1. The van der Waals surface area contributed by atoms with Gasteiger partial charge < -0.3 is 15.2 Å². The largest absolute Gasteiger partial charge is 0.481 e. The van der Waals surface area contributed by atoms with Gasteiger partial charge in [-0.2, -0.15) is 0 Å². The van der Waals surface area contributed by atoms with Gasteiger partial charge in [0.1, 0.15) is 5.92 Å². The van der Waals surface area contributed by atoms with Gasteiger partial charge in [0.25, 0.3) is 0 Å². The SMILES string of the molecule is C[C@@]12C=C[C@@H](O1)[C@H](C(=O)O)[C@H]2C(=O)Nc1ccccc1. The van der Waals surface area contributed by atoms with Crippen molar-refractivity contribution in [1.82, 2.24) is 0 Å². The third-order valence-electron chi connectivity index (χ3n) is 3.95. The summed E-state index contributed by atoms with van der Waals surface area (Å²) in [6.07, 6.45) is 2.99. The van der Waals surface area contributed by atoms with Crippen molar-refractivity contribution in [3.05, 3.63) is 42.5 Å². The van der Waals surface area contributed by atoms with E-state index in [-0.39, 0.29) is 5.91 Å². The van der Waals surface area contributed by atoms with Crippen molar-refractivity contribution in [1.29, 1.82) is 0 Å². The Kier molecular flexibility index (Phi) is 2.87. The molecule has 4 atom stereocenters. The van der Waals surface area contributed by atoms with Gasteiger partial charge in [0, 0.05) is 5.69 Å². The molecule has 0 saturated carbocycles. The van der Waals surface area contributed by atoms with Gasteiger partial charge in [-0.1, -0.05) is 30.4 Å². The molecule has 2 heterocycles. The molecular weight excluding hydrogens is 258 g/mol. The summed E-state index contributed by atoms with van der Waals surface area (Å²) in [5.74, 6) is -2.89. The number of hydrogen-bond acceptors (Lipinski definition) is 3. The molecule has 1 saturated heterocycles. The standard InChI is InChI=1S/C15H15NO4/c1-15-8-7-10(20-15)11(14(18)19)12(15)13(17)16-9-5-3-2-4-6-9/h2-8,10-12H,1H3,(H,16,17)(H,18,19)/t10-,11+,12+,15+/m1/s1. The van der Waals surface area contributed by atoms with Crippen molar-refractivity contribution >= 4 is 17.6 Å². The van der Waals surface area contributed by atoms with Gasteiger partial charge in [-0.25, -0.2) is 0 Å². The third kappa shape index (κ3) is 1.91. The van der Waals surface area contributed by atoms with E-state index in [0.29, 0.717) is 5.69 Å². The maximum Gasteiger partial charge on any atom is 0.310 e. The highest BCUT2D eigenvalue weighted by Crippen LogP contribution is 2.47. The van der Waals surface area contributed by atoms with E-state index < -0.39 is 29.5 Å². The van der Waals surface area contributed by atoms with E-state index >= 15 is 0 Å². The smallest absolute Gasteiger partial charge is 0.310 e. The molecule has 0 radical (unpaired) electrons. The van der Waals surface area contributed by atoms with Gasteiger partial charge in [0.2, 0.25) is 5.91 Å². The van der Waals surface area contributed by atoms with Gasteiger partial charge >= 0.3 is 5.97 Å². The average molecular weight is 273 g/mol. The number of rotatable bonds is 3. The molecule has 0 spiro atoms. The number of aliphatic carboxylic acids is 1. The Balaban J connectivity index is 1.86. The van der Waals surface area contributed by atoms with Crippen LogP contribution in [0.5, 0.6) is 0 Å². The van der Waals surface area contributed by atoms with Gasteiger partial charge in [0.15, 0.2) is 0 Å². The Hall–Kier alpha value is -2.14. The van der Waals surface area contributed by atoms with Gasteiger partial charge in [-0.3, -0.25) is 9.59 Å². The fraction of sp³-hybridized carbons (Fsp3) is 0.333. The number of para-hydroxylation sites is 1. The summed E-state index contributed by atoms with van der Waals surface area (Å²) in [6.45, 7) is 1.75. The molecule has 2 aliphatic heterocycles. The molecule has 5 heteroatoms. The number of benzene rings is 1. The number of amides is 1. The number of carboxylic acids is 1. The number of hydrogen-bond donors (Lipinski definition) is 2. The lowest BCUT2D eigenvalue weighted by atomic mass is 9.75. The molecule has 2 N–H and O–H groups in total. The van der Waals surface area contributed by atoms with Crippen LogP contribution in [0.15, 0.2) is 42.5 Å². The van der Waals surface area contributed by atoms with Crippen molar-refractivity contribution in [2.75, 3.05) is 5.32 Å². The molecule has 2 aliphatic rings. The van der Waals surface area contributed by atoms with Crippen LogP contribution < -0.4 is 5.32 Å². The fourth-order valence-corrected chi connectivity index (χ4v) is 3.02. The van der Waals surface area contributed by atoms with Gasteiger partial charge in [-0.05, 0) is 19.1 Å². The van der Waals surface area contributed by atoms with E-state index in [2.05, 4.69) is 5.32 Å². The van der Waals surface area contributed by atoms with Crippen LogP contribution in [0.4, 0.5) is 5.69 Å². The summed E-state index contributed by atoms with van der Waals surface area (Å²) in [7, 11) is 0. The number of carboxylic acid groups (broad SMARTS) is 1. The van der Waals surface area contributed by atoms with Gasteiger partial charge in [0.05, 0.1) is 17.6 Å². The Bertz CT molecular complexity index is 583. The summed E-state index contributed by atoms with van der Waals surface area (Å²) in [6, 6.07) is 8.99. The summed E-state index contributed by atoms with van der Waals surface area (Å²) in [4.78, 5) is 23.8. The second-order valence-corrected chi connectivity index (χ2v) is 5.32. The molecule has 1 aromatic rings. The molecular formula is C15H15NO4. The highest BCUT2D eigenvalue weighted by Gasteiger charge is 2.59. The van der Waals surface area contributed by atoms with E-state index in [0.717, 1.165) is 0 Å². The normalized spacial score (nSPS) is 34.1. The lowest BCUT2D eigenvalue weighted by molar-refractivity contribution is -0.146. The Morgan fingerprint density at radius 2 is 2.00 bits per heavy atom. The minimum absolute atomic E-state index is 0.321. The van der Waals surface area contributed by atoms with E-state index in [1.165, 1.54) is 0 Å². The molecule has 1 amide bonds. The maximum absolute atomic E-state index is 12.4. The van der Waals surface area contributed by atoms with Crippen molar-refractivity contribution in [2.24, 2.45) is 11.8 Å². The number of nitrogens with one attached hydrogen (secondary N) is 1. The monoisotopic (exact) mass is 273 g/mol. The van der Waals surface area contributed by atoms with E-state index in [4.69, 9.17) is 4.74 Å². The van der Waals surface area contributed by atoms with Crippen LogP contribution in [0.1, 0.15) is 6.92 Å². The molecule has 1 fully saturated rings. The van der Waals surface area contributed by atoms with Crippen molar-refractivity contribution in [3.8, 4) is 0 Å². The van der Waals surface area contributed by atoms with Crippen LogP contribution in [0.3, 0.4) is 0 Å². The predicted octanol–water partition coefficient (Wildman–Crippen LogP) is 1.67. The second kappa shape index (κ2) is 4.45. The number of carbonyl (C=O) groups is 2. The Morgan fingerprint density at radius 3 is 2.65 bits per heavy atom. The first kappa shape index (κ1) is 12.9. The zero-order valence-corrected chi connectivity index (χ0v) is 10.9. The van der Waals surface area contributed by atoms with Crippen LogP contribution in [0.2, 0.25) is 0 Å². The summed E-state index contributed by atoms with van der Waals surface area (Å²) < 4.78 is 5.65. The number of anilines is 1. The Labute approximate surface area is 116 Å². The molecule has 0 unspecified atom stereocenters. The molecule has 20 heavy (non-hydrogen) atoms. The molecule has 104 valence electrons. The zero-order valence-electron chi connectivity index (χ0n) is 10.9. The topological polar surface area (TPSA) is 75.6 Å². The summed E-state index contributed by atoms with van der Waals surface area (Å²) in [5, 5.41) is 12.1. The van der Waals surface area contributed by atoms with E-state index in [1.54, 1.807) is 31.2 Å². The van der Waals surface area contributed by atoms with E-state index in [9.17, 15) is 14.7 Å². The van der Waals surface area contributed by atoms with Crippen LogP contribution in [-0.4, -0.2) is 28.7 Å².